The Kier molecular flexibility index (Phi) is 5.35. The average Bonchev–Trinajstić information content (AvgIpc) is 2.32. The molecule has 0 aliphatic rings. The van der Waals surface area contributed by atoms with Crippen LogP contribution in [0.1, 0.15) is 37.9 Å². The summed E-state index contributed by atoms with van der Waals surface area (Å²) in [5.41, 5.74) is 2.11. The summed E-state index contributed by atoms with van der Waals surface area (Å²) in [4.78, 5) is 8.68. The summed E-state index contributed by atoms with van der Waals surface area (Å²) in [5, 5.41) is 12.4. The van der Waals surface area contributed by atoms with E-state index >= 15 is 0 Å². The molecule has 0 fully saturated rings. The van der Waals surface area contributed by atoms with E-state index in [0.717, 1.165) is 24.1 Å². The second kappa shape index (κ2) is 6.55. The van der Waals surface area contributed by atoms with Crippen molar-refractivity contribution in [3.05, 3.63) is 17.5 Å². The highest BCUT2D eigenvalue weighted by Crippen LogP contribution is 2.13. The van der Waals surface area contributed by atoms with Gasteiger partial charge in [-0.15, -0.1) is 0 Å². The molecule has 1 aromatic rings. The zero-order chi connectivity index (χ0) is 12.8. The molecule has 0 aromatic carbocycles. The number of nitrogens with one attached hydrogen (secondary N) is 1. The van der Waals surface area contributed by atoms with Gasteiger partial charge in [0.15, 0.2) is 0 Å². The topological polar surface area (TPSA) is 58.0 Å². The van der Waals surface area contributed by atoms with Crippen molar-refractivity contribution in [3.8, 4) is 0 Å². The number of hydrogen-bond acceptors (Lipinski definition) is 4. The molecule has 0 bridgehead atoms. The minimum atomic E-state index is 0.228. The molecule has 0 amide bonds. The van der Waals surface area contributed by atoms with Gasteiger partial charge in [0.25, 0.3) is 0 Å². The molecule has 17 heavy (non-hydrogen) atoms. The average molecular weight is 237 g/mol. The van der Waals surface area contributed by atoms with Crippen molar-refractivity contribution in [1.82, 2.24) is 9.97 Å². The molecule has 4 nitrogen and oxygen atoms in total. The SMILES string of the molecule is CCC(CC(C)CO)Nc1ncc(C)c(C)n1. The van der Waals surface area contributed by atoms with E-state index in [9.17, 15) is 0 Å². The van der Waals surface area contributed by atoms with Crippen LogP contribution in [0, 0.1) is 19.8 Å². The second-order valence-corrected chi connectivity index (χ2v) is 4.73. The summed E-state index contributed by atoms with van der Waals surface area (Å²) in [6.45, 7) is 8.39. The highest BCUT2D eigenvalue weighted by molar-refractivity contribution is 5.29. The molecule has 0 saturated heterocycles. The monoisotopic (exact) mass is 237 g/mol. The number of aromatic nitrogens is 2. The Hall–Kier alpha value is -1.16. The molecule has 0 aliphatic carbocycles. The van der Waals surface area contributed by atoms with E-state index in [-0.39, 0.29) is 6.61 Å². The fraction of sp³-hybridized carbons (Fsp3) is 0.692. The number of aliphatic hydroxyl groups is 1. The van der Waals surface area contributed by atoms with Crippen LogP contribution in [0.3, 0.4) is 0 Å². The van der Waals surface area contributed by atoms with E-state index in [1.165, 1.54) is 0 Å². The first-order chi connectivity index (χ1) is 8.06. The third kappa shape index (κ3) is 4.30. The van der Waals surface area contributed by atoms with Gasteiger partial charge >= 0.3 is 0 Å². The first kappa shape index (κ1) is 13.9. The Morgan fingerprint density at radius 3 is 2.65 bits per heavy atom. The number of rotatable bonds is 6. The molecule has 2 atom stereocenters. The van der Waals surface area contributed by atoms with Crippen molar-refractivity contribution < 1.29 is 5.11 Å². The highest BCUT2D eigenvalue weighted by atomic mass is 16.3. The fourth-order valence-corrected chi connectivity index (χ4v) is 1.67. The zero-order valence-corrected chi connectivity index (χ0v) is 11.2. The molecule has 0 aliphatic heterocycles. The van der Waals surface area contributed by atoms with Crippen LogP contribution in [-0.4, -0.2) is 27.7 Å². The van der Waals surface area contributed by atoms with E-state index < -0.39 is 0 Å². The maximum absolute atomic E-state index is 9.07. The Morgan fingerprint density at radius 1 is 1.41 bits per heavy atom. The van der Waals surface area contributed by atoms with E-state index in [0.29, 0.717) is 17.9 Å². The quantitative estimate of drug-likeness (QED) is 0.797. The maximum atomic E-state index is 9.07. The van der Waals surface area contributed by atoms with Crippen molar-refractivity contribution >= 4 is 5.95 Å². The molecule has 2 unspecified atom stereocenters. The van der Waals surface area contributed by atoms with Gasteiger partial charge in [0.05, 0.1) is 0 Å². The molecule has 1 aromatic heterocycles. The third-order valence-corrected chi connectivity index (χ3v) is 3.05. The molecule has 4 heteroatoms. The van der Waals surface area contributed by atoms with E-state index in [1.807, 2.05) is 27.0 Å². The van der Waals surface area contributed by atoms with Crippen LogP contribution in [0.25, 0.3) is 0 Å². The summed E-state index contributed by atoms with van der Waals surface area (Å²) < 4.78 is 0. The predicted octanol–water partition coefficient (Wildman–Crippen LogP) is 2.30. The van der Waals surface area contributed by atoms with Crippen LogP contribution >= 0.6 is 0 Å². The van der Waals surface area contributed by atoms with Gasteiger partial charge in [0, 0.05) is 24.5 Å². The molecule has 1 rings (SSSR count). The lowest BCUT2D eigenvalue weighted by Crippen LogP contribution is -2.24. The molecule has 0 spiro atoms. The molecule has 1 heterocycles. The van der Waals surface area contributed by atoms with E-state index in [1.54, 1.807) is 0 Å². The minimum Gasteiger partial charge on any atom is -0.396 e. The van der Waals surface area contributed by atoms with Crippen LogP contribution in [0.15, 0.2) is 6.20 Å². The lowest BCUT2D eigenvalue weighted by Gasteiger charge is -2.20. The Morgan fingerprint density at radius 2 is 2.12 bits per heavy atom. The summed E-state index contributed by atoms with van der Waals surface area (Å²) in [7, 11) is 0. The molecule has 96 valence electrons. The van der Waals surface area contributed by atoms with Crippen LogP contribution in [-0.2, 0) is 0 Å². The number of anilines is 1. The Bertz CT molecular complexity index is 355. The lowest BCUT2D eigenvalue weighted by atomic mass is 10.0. The van der Waals surface area contributed by atoms with Gasteiger partial charge in [-0.2, -0.15) is 0 Å². The van der Waals surface area contributed by atoms with Crippen molar-refractivity contribution in [1.29, 1.82) is 0 Å². The summed E-state index contributed by atoms with van der Waals surface area (Å²) in [5.74, 6) is 0.990. The first-order valence-corrected chi connectivity index (χ1v) is 6.24. The van der Waals surface area contributed by atoms with Gasteiger partial charge in [-0.05, 0) is 38.2 Å². The smallest absolute Gasteiger partial charge is 0.223 e. The van der Waals surface area contributed by atoms with E-state index in [2.05, 4.69) is 22.2 Å². The van der Waals surface area contributed by atoms with Crippen molar-refractivity contribution in [2.45, 2.75) is 46.6 Å². The van der Waals surface area contributed by atoms with Gasteiger partial charge in [-0.3, -0.25) is 0 Å². The highest BCUT2D eigenvalue weighted by Gasteiger charge is 2.12. The maximum Gasteiger partial charge on any atom is 0.223 e. The number of aliphatic hydroxyl groups excluding tert-OH is 1. The standard InChI is InChI=1S/C13H23N3O/c1-5-12(6-9(2)8-17)16-13-14-7-10(3)11(4)15-13/h7,9,12,17H,5-6,8H2,1-4H3,(H,14,15,16). The van der Waals surface area contributed by atoms with Crippen LogP contribution < -0.4 is 5.32 Å². The lowest BCUT2D eigenvalue weighted by molar-refractivity contribution is 0.224. The third-order valence-electron chi connectivity index (χ3n) is 3.05. The van der Waals surface area contributed by atoms with Crippen LogP contribution in [0.5, 0.6) is 0 Å². The first-order valence-electron chi connectivity index (χ1n) is 6.24. The van der Waals surface area contributed by atoms with Crippen molar-refractivity contribution in [2.75, 3.05) is 11.9 Å². The normalized spacial score (nSPS) is 14.4. The number of hydrogen-bond donors (Lipinski definition) is 2. The summed E-state index contributed by atoms with van der Waals surface area (Å²) in [6, 6.07) is 0.319. The molecule has 0 saturated carbocycles. The van der Waals surface area contributed by atoms with E-state index in [4.69, 9.17) is 5.11 Å². The second-order valence-electron chi connectivity index (χ2n) is 4.73. The molecular formula is C13H23N3O. The minimum absolute atomic E-state index is 0.228. The summed E-state index contributed by atoms with van der Waals surface area (Å²) in [6.07, 6.45) is 3.77. The number of nitrogens with zero attached hydrogens (tertiary/aromatic N) is 2. The van der Waals surface area contributed by atoms with Crippen molar-refractivity contribution in [2.24, 2.45) is 5.92 Å². The predicted molar refractivity (Wildman–Crippen MR) is 70.1 cm³/mol. The van der Waals surface area contributed by atoms with Crippen LogP contribution in [0.4, 0.5) is 5.95 Å². The summed E-state index contributed by atoms with van der Waals surface area (Å²) >= 11 is 0. The Labute approximate surface area is 103 Å². The Balaban J connectivity index is 2.63. The van der Waals surface area contributed by atoms with Crippen molar-refractivity contribution in [3.63, 3.8) is 0 Å². The number of aryl methyl sites for hydroxylation is 2. The molecule has 2 N–H and O–H groups in total. The van der Waals surface area contributed by atoms with Gasteiger partial charge in [-0.25, -0.2) is 9.97 Å². The van der Waals surface area contributed by atoms with Gasteiger partial charge in [0.2, 0.25) is 5.95 Å². The molecule has 0 radical (unpaired) electrons. The van der Waals surface area contributed by atoms with Crippen LogP contribution in [0.2, 0.25) is 0 Å². The van der Waals surface area contributed by atoms with Gasteiger partial charge in [-0.1, -0.05) is 13.8 Å². The molecular weight excluding hydrogens is 214 g/mol. The fourth-order valence-electron chi connectivity index (χ4n) is 1.67. The van der Waals surface area contributed by atoms with Gasteiger partial charge in [0.1, 0.15) is 0 Å². The largest absolute Gasteiger partial charge is 0.396 e. The zero-order valence-electron chi connectivity index (χ0n) is 11.2. The van der Waals surface area contributed by atoms with Gasteiger partial charge < -0.3 is 10.4 Å².